The van der Waals surface area contributed by atoms with Crippen LogP contribution in [-0.2, 0) is 13.0 Å². The van der Waals surface area contributed by atoms with E-state index in [9.17, 15) is 4.39 Å². The molecule has 5 heteroatoms. The zero-order valence-corrected chi connectivity index (χ0v) is 20.6. The number of nitrogens with one attached hydrogen (secondary N) is 1. The molecule has 0 saturated carbocycles. The highest BCUT2D eigenvalue weighted by Gasteiger charge is 2.20. The number of anilines is 1. The van der Waals surface area contributed by atoms with E-state index in [2.05, 4.69) is 49.3 Å². The second-order valence-corrected chi connectivity index (χ2v) is 9.86. The van der Waals surface area contributed by atoms with Crippen LogP contribution in [0.5, 0.6) is 5.75 Å². The Labute approximate surface area is 203 Å². The average Bonchev–Trinajstić information content (AvgIpc) is 2.84. The van der Waals surface area contributed by atoms with Gasteiger partial charge in [-0.25, -0.2) is 9.37 Å². The van der Waals surface area contributed by atoms with Gasteiger partial charge in [0.25, 0.3) is 0 Å². The molecular weight excluding hydrogens is 425 g/mol. The van der Waals surface area contributed by atoms with Crippen LogP contribution in [0.15, 0.2) is 60.8 Å². The normalized spacial score (nSPS) is 15.0. The Kier molecular flexibility index (Phi) is 8.17. The number of rotatable bonds is 9. The van der Waals surface area contributed by atoms with Gasteiger partial charge in [0.05, 0.1) is 6.61 Å². The first-order valence-electron chi connectivity index (χ1n) is 12.3. The van der Waals surface area contributed by atoms with Gasteiger partial charge in [-0.05, 0) is 97.4 Å². The standard InChI is InChI=1S/C29H36FN3O/c1-21(2)20-34-28-10-6-23(7-11-28)18-31-29-25(16-22-4-8-27(30)9-5-22)17-26(19-32-29)24-12-14-33(3)15-13-24/h4-11,17,19,21,24H,12-16,18,20H2,1-3H3,(H,31,32). The van der Waals surface area contributed by atoms with E-state index in [0.29, 0.717) is 18.4 Å². The summed E-state index contributed by atoms with van der Waals surface area (Å²) < 4.78 is 19.2. The smallest absolute Gasteiger partial charge is 0.129 e. The highest BCUT2D eigenvalue weighted by Crippen LogP contribution is 2.30. The van der Waals surface area contributed by atoms with E-state index in [1.54, 1.807) is 0 Å². The van der Waals surface area contributed by atoms with Gasteiger partial charge >= 0.3 is 0 Å². The number of nitrogens with zero attached hydrogens (tertiary/aromatic N) is 2. The third-order valence-corrected chi connectivity index (χ3v) is 6.45. The SMILES string of the molecule is CC(C)COc1ccc(CNc2ncc(C3CCN(C)CC3)cc2Cc2ccc(F)cc2)cc1. The minimum absolute atomic E-state index is 0.207. The maximum atomic E-state index is 13.4. The van der Waals surface area contributed by atoms with Gasteiger partial charge in [0, 0.05) is 19.2 Å². The molecule has 34 heavy (non-hydrogen) atoms. The summed E-state index contributed by atoms with van der Waals surface area (Å²) in [5.41, 5.74) is 4.71. The first kappa shape index (κ1) is 24.2. The predicted molar refractivity (Wildman–Crippen MR) is 137 cm³/mol. The number of halogens is 1. The van der Waals surface area contributed by atoms with E-state index < -0.39 is 0 Å². The molecule has 1 aliphatic heterocycles. The number of pyridine rings is 1. The summed E-state index contributed by atoms with van der Waals surface area (Å²) in [5.74, 6) is 2.63. The summed E-state index contributed by atoms with van der Waals surface area (Å²) >= 11 is 0. The van der Waals surface area contributed by atoms with Crippen molar-refractivity contribution in [2.75, 3.05) is 32.1 Å². The van der Waals surface area contributed by atoms with Crippen molar-refractivity contribution >= 4 is 5.82 Å². The van der Waals surface area contributed by atoms with Crippen molar-refractivity contribution in [3.05, 3.63) is 88.9 Å². The number of benzene rings is 2. The fourth-order valence-corrected chi connectivity index (χ4v) is 4.36. The number of ether oxygens (including phenoxy) is 1. The van der Waals surface area contributed by atoms with E-state index in [1.165, 1.54) is 23.3 Å². The number of likely N-dealkylation sites (tertiary alicyclic amines) is 1. The lowest BCUT2D eigenvalue weighted by atomic mass is 9.89. The van der Waals surface area contributed by atoms with E-state index in [4.69, 9.17) is 9.72 Å². The molecule has 0 aliphatic carbocycles. The quantitative estimate of drug-likeness (QED) is 0.408. The lowest BCUT2D eigenvalue weighted by Crippen LogP contribution is -2.29. The number of hydrogen-bond acceptors (Lipinski definition) is 4. The largest absolute Gasteiger partial charge is 0.493 e. The molecule has 0 bridgehead atoms. The Balaban J connectivity index is 1.49. The molecule has 2 aromatic carbocycles. The van der Waals surface area contributed by atoms with Gasteiger partial charge in [0.15, 0.2) is 0 Å². The third kappa shape index (κ3) is 6.80. The predicted octanol–water partition coefficient (Wildman–Crippen LogP) is 6.27. The molecule has 0 radical (unpaired) electrons. The van der Waals surface area contributed by atoms with Crippen molar-refractivity contribution in [2.24, 2.45) is 5.92 Å². The van der Waals surface area contributed by atoms with Crippen LogP contribution in [-0.4, -0.2) is 36.6 Å². The lowest BCUT2D eigenvalue weighted by Gasteiger charge is -2.29. The second kappa shape index (κ2) is 11.5. The number of piperidine rings is 1. The van der Waals surface area contributed by atoms with Crippen LogP contribution >= 0.6 is 0 Å². The van der Waals surface area contributed by atoms with E-state index in [-0.39, 0.29) is 5.82 Å². The molecule has 4 nitrogen and oxygen atoms in total. The topological polar surface area (TPSA) is 37.4 Å². The van der Waals surface area contributed by atoms with Crippen LogP contribution in [0.1, 0.15) is 54.9 Å². The summed E-state index contributed by atoms with van der Waals surface area (Å²) in [7, 11) is 2.18. The van der Waals surface area contributed by atoms with Crippen LogP contribution < -0.4 is 10.1 Å². The van der Waals surface area contributed by atoms with Crippen molar-refractivity contribution < 1.29 is 9.13 Å². The second-order valence-electron chi connectivity index (χ2n) is 9.86. The van der Waals surface area contributed by atoms with Crippen LogP contribution in [0.2, 0.25) is 0 Å². The van der Waals surface area contributed by atoms with Crippen molar-refractivity contribution in [3.63, 3.8) is 0 Å². The van der Waals surface area contributed by atoms with Gasteiger partial charge in [0.1, 0.15) is 17.4 Å². The summed E-state index contributed by atoms with van der Waals surface area (Å²) in [6.45, 7) is 7.93. The van der Waals surface area contributed by atoms with E-state index in [0.717, 1.165) is 61.7 Å². The maximum absolute atomic E-state index is 13.4. The summed E-state index contributed by atoms with van der Waals surface area (Å²) in [4.78, 5) is 7.23. The molecule has 1 saturated heterocycles. The molecular formula is C29H36FN3O. The Morgan fingerprint density at radius 2 is 1.71 bits per heavy atom. The molecule has 1 fully saturated rings. The molecule has 4 rings (SSSR count). The zero-order valence-electron chi connectivity index (χ0n) is 20.6. The molecule has 0 atom stereocenters. The van der Waals surface area contributed by atoms with Gasteiger partial charge < -0.3 is 15.0 Å². The number of hydrogen-bond donors (Lipinski definition) is 1. The lowest BCUT2D eigenvalue weighted by molar-refractivity contribution is 0.255. The van der Waals surface area contributed by atoms with E-state index in [1.807, 2.05) is 30.5 Å². The Bertz CT molecular complexity index is 1040. The van der Waals surface area contributed by atoms with Crippen molar-refractivity contribution in [3.8, 4) is 5.75 Å². The zero-order chi connectivity index (χ0) is 23.9. The third-order valence-electron chi connectivity index (χ3n) is 6.45. The van der Waals surface area contributed by atoms with Gasteiger partial charge in [-0.1, -0.05) is 38.1 Å². The van der Waals surface area contributed by atoms with Gasteiger partial charge in [-0.3, -0.25) is 0 Å². The van der Waals surface area contributed by atoms with Crippen molar-refractivity contribution in [2.45, 2.75) is 45.6 Å². The first-order chi connectivity index (χ1) is 16.5. The van der Waals surface area contributed by atoms with E-state index >= 15 is 0 Å². The summed E-state index contributed by atoms with van der Waals surface area (Å²) in [6.07, 6.45) is 5.08. The Morgan fingerprint density at radius 3 is 2.38 bits per heavy atom. The summed E-state index contributed by atoms with van der Waals surface area (Å²) in [5, 5.41) is 3.53. The molecule has 180 valence electrons. The molecule has 1 aromatic heterocycles. The molecule has 1 aliphatic rings. The number of aromatic nitrogens is 1. The fourth-order valence-electron chi connectivity index (χ4n) is 4.36. The van der Waals surface area contributed by atoms with Crippen LogP contribution in [0.25, 0.3) is 0 Å². The van der Waals surface area contributed by atoms with Gasteiger partial charge in [-0.2, -0.15) is 0 Å². The Hall–Kier alpha value is -2.92. The molecule has 3 aromatic rings. The fraction of sp³-hybridized carbons (Fsp3) is 0.414. The minimum Gasteiger partial charge on any atom is -0.493 e. The van der Waals surface area contributed by atoms with Gasteiger partial charge in [-0.15, -0.1) is 0 Å². The highest BCUT2D eigenvalue weighted by atomic mass is 19.1. The monoisotopic (exact) mass is 461 g/mol. The van der Waals surface area contributed by atoms with Crippen molar-refractivity contribution in [1.82, 2.24) is 9.88 Å². The Morgan fingerprint density at radius 1 is 1.03 bits per heavy atom. The first-order valence-corrected chi connectivity index (χ1v) is 12.3. The molecule has 1 N–H and O–H groups in total. The van der Waals surface area contributed by atoms with Crippen molar-refractivity contribution in [1.29, 1.82) is 0 Å². The minimum atomic E-state index is -0.207. The summed E-state index contributed by atoms with van der Waals surface area (Å²) in [6, 6.07) is 17.3. The molecule has 0 unspecified atom stereocenters. The highest BCUT2D eigenvalue weighted by molar-refractivity contribution is 5.49. The van der Waals surface area contributed by atoms with Crippen LogP contribution in [0, 0.1) is 11.7 Å². The van der Waals surface area contributed by atoms with Crippen LogP contribution in [0.4, 0.5) is 10.2 Å². The van der Waals surface area contributed by atoms with Gasteiger partial charge in [0.2, 0.25) is 0 Å². The molecule has 2 heterocycles. The maximum Gasteiger partial charge on any atom is 0.129 e. The average molecular weight is 462 g/mol. The molecule has 0 spiro atoms. The van der Waals surface area contributed by atoms with Crippen LogP contribution in [0.3, 0.4) is 0 Å². The molecule has 0 amide bonds.